The third kappa shape index (κ3) is 3.70. The molecule has 0 atom stereocenters. The standard InChI is InChI=1S/C14H22N2O2S/c1-12-11-14(4-3-13(12)5-6-15)16-7-2-9-19(17,18)10-8-16/h3-4,11H,2,5-10,15H2,1H3. The molecule has 1 aliphatic rings. The fourth-order valence-electron chi connectivity index (χ4n) is 2.51. The topological polar surface area (TPSA) is 63.4 Å². The van der Waals surface area contributed by atoms with Gasteiger partial charge in [0.05, 0.1) is 11.5 Å². The number of nitrogens with zero attached hydrogens (tertiary/aromatic N) is 1. The van der Waals surface area contributed by atoms with Gasteiger partial charge in [-0.3, -0.25) is 0 Å². The molecular formula is C14H22N2O2S. The van der Waals surface area contributed by atoms with Gasteiger partial charge in [0, 0.05) is 18.8 Å². The fourth-order valence-corrected chi connectivity index (χ4v) is 3.78. The predicted octanol–water partition coefficient (Wildman–Crippen LogP) is 1.12. The van der Waals surface area contributed by atoms with Gasteiger partial charge in [-0.15, -0.1) is 0 Å². The Morgan fingerprint density at radius 2 is 2.05 bits per heavy atom. The van der Waals surface area contributed by atoms with Crippen molar-refractivity contribution in [2.45, 2.75) is 19.8 Å². The van der Waals surface area contributed by atoms with Crippen LogP contribution in [-0.4, -0.2) is 39.6 Å². The van der Waals surface area contributed by atoms with Crippen LogP contribution in [0.15, 0.2) is 18.2 Å². The summed E-state index contributed by atoms with van der Waals surface area (Å²) in [6.07, 6.45) is 1.60. The maximum absolute atomic E-state index is 11.6. The lowest BCUT2D eigenvalue weighted by Gasteiger charge is -2.23. The highest BCUT2D eigenvalue weighted by molar-refractivity contribution is 7.91. The van der Waals surface area contributed by atoms with Crippen molar-refractivity contribution in [1.29, 1.82) is 0 Å². The van der Waals surface area contributed by atoms with Crippen LogP contribution in [0.5, 0.6) is 0 Å². The average molecular weight is 282 g/mol. The Bertz CT molecular complexity index is 540. The third-order valence-corrected chi connectivity index (χ3v) is 5.38. The zero-order valence-electron chi connectivity index (χ0n) is 11.4. The molecule has 1 aromatic carbocycles. The lowest BCUT2D eigenvalue weighted by atomic mass is 10.0. The largest absolute Gasteiger partial charge is 0.370 e. The Labute approximate surface area is 115 Å². The van der Waals surface area contributed by atoms with E-state index in [0.29, 0.717) is 25.3 Å². The van der Waals surface area contributed by atoms with Crippen LogP contribution in [0.1, 0.15) is 17.5 Å². The van der Waals surface area contributed by atoms with Crippen molar-refractivity contribution in [3.63, 3.8) is 0 Å². The number of hydrogen-bond acceptors (Lipinski definition) is 4. The molecule has 4 nitrogen and oxygen atoms in total. The molecule has 0 amide bonds. The summed E-state index contributed by atoms with van der Waals surface area (Å²) in [6, 6.07) is 6.33. The predicted molar refractivity (Wildman–Crippen MR) is 79.4 cm³/mol. The van der Waals surface area contributed by atoms with E-state index in [1.54, 1.807) is 0 Å². The van der Waals surface area contributed by atoms with E-state index in [0.717, 1.165) is 18.7 Å². The van der Waals surface area contributed by atoms with Crippen LogP contribution in [0.3, 0.4) is 0 Å². The van der Waals surface area contributed by atoms with E-state index in [1.807, 2.05) is 0 Å². The molecule has 0 aliphatic carbocycles. The molecule has 1 heterocycles. The Balaban J connectivity index is 2.16. The molecule has 2 rings (SSSR count). The molecule has 1 fully saturated rings. The normalized spacial score (nSPS) is 19.2. The quantitative estimate of drug-likeness (QED) is 0.902. The van der Waals surface area contributed by atoms with Crippen LogP contribution in [0.4, 0.5) is 5.69 Å². The number of benzene rings is 1. The number of nitrogens with two attached hydrogens (primary N) is 1. The van der Waals surface area contributed by atoms with Gasteiger partial charge in [0.15, 0.2) is 9.84 Å². The molecule has 2 N–H and O–H groups in total. The van der Waals surface area contributed by atoms with Crippen molar-refractivity contribution >= 4 is 15.5 Å². The summed E-state index contributed by atoms with van der Waals surface area (Å²) < 4.78 is 23.2. The zero-order chi connectivity index (χ0) is 13.9. The molecule has 0 spiro atoms. The molecule has 19 heavy (non-hydrogen) atoms. The molecule has 5 heteroatoms. The minimum Gasteiger partial charge on any atom is -0.370 e. The van der Waals surface area contributed by atoms with Gasteiger partial charge in [-0.05, 0) is 49.6 Å². The Hall–Kier alpha value is -1.07. The van der Waals surface area contributed by atoms with Gasteiger partial charge in [-0.1, -0.05) is 6.07 Å². The molecule has 0 radical (unpaired) electrons. The first-order chi connectivity index (χ1) is 9.02. The van der Waals surface area contributed by atoms with Gasteiger partial charge in [-0.25, -0.2) is 8.42 Å². The minimum atomic E-state index is -2.85. The highest BCUT2D eigenvalue weighted by Gasteiger charge is 2.19. The first-order valence-electron chi connectivity index (χ1n) is 6.77. The van der Waals surface area contributed by atoms with Crippen LogP contribution < -0.4 is 10.6 Å². The van der Waals surface area contributed by atoms with Crippen LogP contribution in [0.25, 0.3) is 0 Å². The summed E-state index contributed by atoms with van der Waals surface area (Å²) in [5.41, 5.74) is 9.21. The number of anilines is 1. The number of aryl methyl sites for hydroxylation is 1. The highest BCUT2D eigenvalue weighted by Crippen LogP contribution is 2.21. The van der Waals surface area contributed by atoms with E-state index in [2.05, 4.69) is 30.0 Å². The van der Waals surface area contributed by atoms with Crippen molar-refractivity contribution in [2.75, 3.05) is 36.0 Å². The van der Waals surface area contributed by atoms with Gasteiger partial charge in [0.25, 0.3) is 0 Å². The average Bonchev–Trinajstić information content (AvgIpc) is 2.53. The smallest absolute Gasteiger partial charge is 0.152 e. The molecule has 1 saturated heterocycles. The molecule has 0 unspecified atom stereocenters. The van der Waals surface area contributed by atoms with Crippen molar-refractivity contribution in [3.8, 4) is 0 Å². The Morgan fingerprint density at radius 1 is 1.26 bits per heavy atom. The van der Waals surface area contributed by atoms with E-state index in [9.17, 15) is 8.42 Å². The van der Waals surface area contributed by atoms with Crippen molar-refractivity contribution in [1.82, 2.24) is 0 Å². The minimum absolute atomic E-state index is 0.261. The fraction of sp³-hybridized carbons (Fsp3) is 0.571. The third-order valence-electron chi connectivity index (χ3n) is 3.66. The summed E-state index contributed by atoms with van der Waals surface area (Å²) in [6.45, 7) is 4.15. The number of hydrogen-bond donors (Lipinski definition) is 1. The second-order valence-electron chi connectivity index (χ2n) is 5.14. The summed E-state index contributed by atoms with van der Waals surface area (Å²) in [4.78, 5) is 2.17. The first-order valence-corrected chi connectivity index (χ1v) is 8.59. The van der Waals surface area contributed by atoms with E-state index in [1.165, 1.54) is 11.1 Å². The van der Waals surface area contributed by atoms with Crippen LogP contribution in [-0.2, 0) is 16.3 Å². The van der Waals surface area contributed by atoms with Crippen molar-refractivity contribution in [2.24, 2.45) is 5.73 Å². The maximum atomic E-state index is 11.6. The second-order valence-corrected chi connectivity index (χ2v) is 7.45. The van der Waals surface area contributed by atoms with E-state index >= 15 is 0 Å². The molecule has 1 aliphatic heterocycles. The number of sulfone groups is 1. The van der Waals surface area contributed by atoms with Crippen molar-refractivity contribution < 1.29 is 8.42 Å². The maximum Gasteiger partial charge on any atom is 0.152 e. The molecule has 0 aromatic heterocycles. The summed E-state index contributed by atoms with van der Waals surface area (Å²) in [5.74, 6) is 0.574. The molecule has 106 valence electrons. The summed E-state index contributed by atoms with van der Waals surface area (Å²) in [7, 11) is -2.85. The van der Waals surface area contributed by atoms with Crippen LogP contribution in [0.2, 0.25) is 0 Å². The van der Waals surface area contributed by atoms with E-state index < -0.39 is 9.84 Å². The molecular weight excluding hydrogens is 260 g/mol. The first kappa shape index (κ1) is 14.3. The van der Waals surface area contributed by atoms with Gasteiger partial charge in [-0.2, -0.15) is 0 Å². The van der Waals surface area contributed by atoms with Crippen LogP contribution >= 0.6 is 0 Å². The SMILES string of the molecule is Cc1cc(N2CCCS(=O)(=O)CC2)ccc1CCN. The highest BCUT2D eigenvalue weighted by atomic mass is 32.2. The Morgan fingerprint density at radius 3 is 2.74 bits per heavy atom. The van der Waals surface area contributed by atoms with Crippen LogP contribution in [0, 0.1) is 6.92 Å². The number of rotatable bonds is 3. The van der Waals surface area contributed by atoms with E-state index in [4.69, 9.17) is 5.73 Å². The summed E-state index contributed by atoms with van der Waals surface area (Å²) >= 11 is 0. The van der Waals surface area contributed by atoms with Gasteiger partial charge < -0.3 is 10.6 Å². The van der Waals surface area contributed by atoms with E-state index in [-0.39, 0.29) is 5.75 Å². The zero-order valence-corrected chi connectivity index (χ0v) is 12.2. The molecule has 0 bridgehead atoms. The van der Waals surface area contributed by atoms with Crippen molar-refractivity contribution in [3.05, 3.63) is 29.3 Å². The second kappa shape index (κ2) is 5.92. The molecule has 1 aromatic rings. The summed E-state index contributed by atoms with van der Waals surface area (Å²) in [5, 5.41) is 0. The Kier molecular flexibility index (Phi) is 4.47. The van der Waals surface area contributed by atoms with Gasteiger partial charge >= 0.3 is 0 Å². The lowest BCUT2D eigenvalue weighted by Crippen LogP contribution is -2.26. The van der Waals surface area contributed by atoms with Gasteiger partial charge in [0.1, 0.15) is 0 Å². The molecule has 0 saturated carbocycles. The lowest BCUT2D eigenvalue weighted by molar-refractivity contribution is 0.597. The monoisotopic (exact) mass is 282 g/mol. The van der Waals surface area contributed by atoms with Gasteiger partial charge in [0.2, 0.25) is 0 Å².